The van der Waals surface area contributed by atoms with Gasteiger partial charge in [-0.1, -0.05) is 0 Å². The molecule has 2 rings (SSSR count). The van der Waals surface area contributed by atoms with Crippen molar-refractivity contribution in [3.05, 3.63) is 27.7 Å². The first-order valence-electron chi connectivity index (χ1n) is 4.15. The number of aryl methyl sites for hydroxylation is 1. The fourth-order valence-corrected chi connectivity index (χ4v) is 2.33. The Morgan fingerprint density at radius 2 is 1.93 bits per heavy atom. The molecule has 0 atom stereocenters. The molecular formula is C10H8BrNO2. The van der Waals surface area contributed by atoms with Gasteiger partial charge in [-0.05, 0) is 40.5 Å². The van der Waals surface area contributed by atoms with Crippen LogP contribution in [0.5, 0.6) is 0 Å². The number of amides is 1. The summed E-state index contributed by atoms with van der Waals surface area (Å²) >= 11 is 3.29. The highest BCUT2D eigenvalue weighted by Crippen LogP contribution is 2.34. The van der Waals surface area contributed by atoms with Crippen LogP contribution in [0.25, 0.3) is 0 Å². The van der Waals surface area contributed by atoms with Crippen LogP contribution in [0.1, 0.15) is 15.9 Å². The minimum absolute atomic E-state index is 0.436. The van der Waals surface area contributed by atoms with Crippen LogP contribution in [0.2, 0.25) is 0 Å². The molecule has 1 aromatic rings. The Labute approximate surface area is 89.8 Å². The Hall–Kier alpha value is -1.16. The summed E-state index contributed by atoms with van der Waals surface area (Å²) in [7, 11) is 1.61. The largest absolute Gasteiger partial charge is 0.308 e. The fourth-order valence-electron chi connectivity index (χ4n) is 1.58. The molecule has 1 heterocycles. The maximum atomic E-state index is 11.5. The summed E-state index contributed by atoms with van der Waals surface area (Å²) in [5.74, 6) is -0.902. The zero-order valence-corrected chi connectivity index (χ0v) is 9.38. The molecule has 0 bridgehead atoms. The first kappa shape index (κ1) is 9.40. The maximum absolute atomic E-state index is 11.5. The Balaban J connectivity index is 2.75. The van der Waals surface area contributed by atoms with E-state index in [2.05, 4.69) is 15.9 Å². The van der Waals surface area contributed by atoms with E-state index in [1.165, 1.54) is 4.90 Å². The lowest BCUT2D eigenvalue weighted by atomic mass is 10.1. The molecule has 0 fully saturated rings. The summed E-state index contributed by atoms with van der Waals surface area (Å²) in [6.45, 7) is 1.92. The van der Waals surface area contributed by atoms with Crippen molar-refractivity contribution in [2.24, 2.45) is 0 Å². The highest BCUT2D eigenvalue weighted by molar-refractivity contribution is 9.10. The Morgan fingerprint density at radius 3 is 2.57 bits per heavy atom. The summed E-state index contributed by atoms with van der Waals surface area (Å²) in [4.78, 5) is 24.3. The molecule has 0 unspecified atom stereocenters. The number of rotatable bonds is 0. The third-order valence-corrected chi connectivity index (χ3v) is 2.93. The smallest absolute Gasteiger partial charge is 0.299 e. The number of likely N-dealkylation sites (N-methyl/N-ethyl adjacent to an activating group) is 1. The van der Waals surface area contributed by atoms with Crippen LogP contribution in [-0.2, 0) is 4.79 Å². The van der Waals surface area contributed by atoms with Crippen molar-refractivity contribution in [3.63, 3.8) is 0 Å². The molecule has 0 saturated carbocycles. The number of ketones is 1. The van der Waals surface area contributed by atoms with Crippen molar-refractivity contribution in [1.82, 2.24) is 0 Å². The molecule has 0 aromatic heterocycles. The van der Waals surface area contributed by atoms with Crippen LogP contribution < -0.4 is 4.90 Å². The molecule has 0 saturated heterocycles. The van der Waals surface area contributed by atoms with Gasteiger partial charge in [0.25, 0.3) is 11.7 Å². The molecule has 4 heteroatoms. The second kappa shape index (κ2) is 2.92. The summed E-state index contributed by atoms with van der Waals surface area (Å²) in [6, 6.07) is 3.67. The second-order valence-corrected chi connectivity index (χ2v) is 4.19. The highest BCUT2D eigenvalue weighted by atomic mass is 79.9. The van der Waals surface area contributed by atoms with E-state index < -0.39 is 11.7 Å². The van der Waals surface area contributed by atoms with E-state index in [9.17, 15) is 9.59 Å². The number of hydrogen-bond acceptors (Lipinski definition) is 2. The van der Waals surface area contributed by atoms with Crippen LogP contribution in [0.15, 0.2) is 16.6 Å². The van der Waals surface area contributed by atoms with Crippen molar-refractivity contribution < 1.29 is 9.59 Å². The number of fused-ring (bicyclic) bond motifs is 1. The maximum Gasteiger partial charge on any atom is 0.299 e. The Morgan fingerprint density at radius 1 is 1.29 bits per heavy atom. The molecular weight excluding hydrogens is 246 g/mol. The minimum Gasteiger partial charge on any atom is -0.308 e. The van der Waals surface area contributed by atoms with Gasteiger partial charge in [0.1, 0.15) is 0 Å². The average Bonchev–Trinajstić information content (AvgIpc) is 2.31. The van der Waals surface area contributed by atoms with Crippen LogP contribution in [0, 0.1) is 6.92 Å². The zero-order chi connectivity index (χ0) is 10.5. The van der Waals surface area contributed by atoms with Gasteiger partial charge >= 0.3 is 0 Å². The Kier molecular flexibility index (Phi) is 1.96. The molecule has 0 radical (unpaired) electrons. The van der Waals surface area contributed by atoms with E-state index in [-0.39, 0.29) is 0 Å². The van der Waals surface area contributed by atoms with Gasteiger partial charge in [0.15, 0.2) is 0 Å². The van der Waals surface area contributed by atoms with E-state index >= 15 is 0 Å². The zero-order valence-electron chi connectivity index (χ0n) is 7.80. The SMILES string of the molecule is Cc1cc(Br)c2c(c1)N(C)C(=O)C2=O. The molecule has 1 aliphatic heterocycles. The quantitative estimate of drug-likeness (QED) is 0.663. The molecule has 1 amide bonds. The monoisotopic (exact) mass is 253 g/mol. The first-order valence-corrected chi connectivity index (χ1v) is 4.94. The minimum atomic E-state index is -0.466. The van der Waals surface area contributed by atoms with Gasteiger partial charge in [0, 0.05) is 11.5 Å². The molecule has 0 N–H and O–H groups in total. The fraction of sp³-hybridized carbons (Fsp3) is 0.200. The molecule has 1 aromatic carbocycles. The second-order valence-electron chi connectivity index (χ2n) is 3.33. The van der Waals surface area contributed by atoms with Gasteiger partial charge in [-0.25, -0.2) is 0 Å². The summed E-state index contributed by atoms with van der Waals surface area (Å²) in [6.07, 6.45) is 0. The normalized spacial score (nSPS) is 14.9. The molecule has 3 nitrogen and oxygen atoms in total. The van der Waals surface area contributed by atoms with Crippen LogP contribution in [0.3, 0.4) is 0 Å². The van der Waals surface area contributed by atoms with Gasteiger partial charge in [0.05, 0.1) is 11.3 Å². The lowest BCUT2D eigenvalue weighted by Crippen LogP contribution is -2.24. The number of carbonyl (C=O) groups is 2. The van der Waals surface area contributed by atoms with Gasteiger partial charge in [-0.3, -0.25) is 9.59 Å². The summed E-state index contributed by atoms with van der Waals surface area (Å²) < 4.78 is 0.690. The third-order valence-electron chi connectivity index (χ3n) is 2.30. The van der Waals surface area contributed by atoms with Gasteiger partial charge in [-0.15, -0.1) is 0 Å². The number of halogens is 1. The number of benzene rings is 1. The number of hydrogen-bond donors (Lipinski definition) is 0. The Bertz CT molecular complexity index is 454. The predicted octanol–water partition coefficient (Wildman–Crippen LogP) is 1.92. The number of Topliss-reactive ketones (excluding diaryl/α,β-unsaturated/α-hetero) is 1. The van der Waals surface area contributed by atoms with Gasteiger partial charge in [0.2, 0.25) is 0 Å². The first-order chi connectivity index (χ1) is 6.52. The number of anilines is 1. The standard InChI is InChI=1S/C10H8BrNO2/c1-5-3-6(11)8-7(4-5)12(2)10(14)9(8)13/h3-4H,1-2H3. The lowest BCUT2D eigenvalue weighted by molar-refractivity contribution is -0.114. The summed E-state index contributed by atoms with van der Waals surface area (Å²) in [5, 5.41) is 0. The van der Waals surface area contributed by atoms with Crippen molar-refractivity contribution in [1.29, 1.82) is 0 Å². The van der Waals surface area contributed by atoms with Crippen molar-refractivity contribution in [2.75, 3.05) is 11.9 Å². The highest BCUT2D eigenvalue weighted by Gasteiger charge is 2.35. The number of nitrogens with zero attached hydrogens (tertiary/aromatic N) is 1. The summed E-state index contributed by atoms with van der Waals surface area (Å²) in [5.41, 5.74) is 2.18. The van der Waals surface area contributed by atoms with E-state index in [0.717, 1.165) is 5.56 Å². The van der Waals surface area contributed by atoms with Crippen LogP contribution in [-0.4, -0.2) is 18.7 Å². The molecule has 14 heavy (non-hydrogen) atoms. The molecule has 72 valence electrons. The van der Waals surface area contributed by atoms with Crippen molar-refractivity contribution >= 4 is 33.3 Å². The molecule has 0 aliphatic carbocycles. The van der Waals surface area contributed by atoms with Crippen LogP contribution >= 0.6 is 15.9 Å². The van der Waals surface area contributed by atoms with Gasteiger partial charge in [-0.2, -0.15) is 0 Å². The van der Waals surface area contributed by atoms with Crippen molar-refractivity contribution in [2.45, 2.75) is 6.92 Å². The van der Waals surface area contributed by atoms with Crippen LogP contribution in [0.4, 0.5) is 5.69 Å². The lowest BCUT2D eigenvalue weighted by Gasteiger charge is -2.09. The van der Waals surface area contributed by atoms with E-state index in [0.29, 0.717) is 15.7 Å². The number of carbonyl (C=O) groups excluding carboxylic acids is 2. The van der Waals surface area contributed by atoms with E-state index in [4.69, 9.17) is 0 Å². The van der Waals surface area contributed by atoms with Gasteiger partial charge < -0.3 is 4.90 Å². The van der Waals surface area contributed by atoms with E-state index in [1.807, 2.05) is 19.1 Å². The third kappa shape index (κ3) is 1.10. The van der Waals surface area contributed by atoms with Crippen molar-refractivity contribution in [3.8, 4) is 0 Å². The molecule has 1 aliphatic rings. The van der Waals surface area contributed by atoms with E-state index in [1.54, 1.807) is 7.05 Å². The average molecular weight is 254 g/mol. The predicted molar refractivity (Wildman–Crippen MR) is 56.6 cm³/mol. The molecule has 0 spiro atoms. The topological polar surface area (TPSA) is 37.4 Å².